The minimum Gasteiger partial charge on any atom is -0.387 e. The monoisotopic (exact) mass is 1690 g/mol. The van der Waals surface area contributed by atoms with Crippen molar-refractivity contribution in [2.45, 2.75) is 188 Å². The van der Waals surface area contributed by atoms with Crippen LogP contribution < -0.4 is 45.6 Å². The second-order valence-corrected chi connectivity index (χ2v) is 38.6. The molecule has 8 aliphatic rings. The molecule has 0 saturated carbocycles. The number of anilines is 5. The highest BCUT2D eigenvalue weighted by Gasteiger charge is 2.72. The highest BCUT2D eigenvalue weighted by Crippen LogP contribution is 2.63. The maximum Gasteiger partial charge on any atom is 0.351 e. The number of imidazole rings is 3. The van der Waals surface area contributed by atoms with Crippen LogP contribution in [0.5, 0.6) is 0 Å². The number of rotatable bonds is 26. The number of ether oxygens (including phenoxy) is 8. The maximum atomic E-state index is 13.8. The number of hydrogen-bond donors (Lipinski definition) is 11. The lowest BCUT2D eigenvalue weighted by molar-refractivity contribution is -0.217. The van der Waals surface area contributed by atoms with Crippen molar-refractivity contribution in [1.29, 1.82) is 0 Å². The molecule has 110 heavy (non-hydrogen) atoms. The van der Waals surface area contributed by atoms with E-state index in [9.17, 15) is 39.1 Å². The Hall–Kier alpha value is -6.03. The minimum absolute atomic E-state index is 0.0220. The first-order valence-electron chi connectivity index (χ1n) is 33.9. The van der Waals surface area contributed by atoms with Crippen molar-refractivity contribution in [3.63, 3.8) is 0 Å². The molecule has 25 atom stereocenters. The summed E-state index contributed by atoms with van der Waals surface area (Å²) in [6.45, 7) is -11.4. The van der Waals surface area contributed by atoms with E-state index in [1.807, 2.05) is 6.92 Å². The van der Waals surface area contributed by atoms with Gasteiger partial charge in [-0.05, 0) is 88.3 Å². The zero-order chi connectivity index (χ0) is 78.0. The van der Waals surface area contributed by atoms with Crippen molar-refractivity contribution >= 4 is 137 Å². The van der Waals surface area contributed by atoms with E-state index in [-0.39, 0.29) is 64.4 Å². The number of aliphatic hydroxyl groups is 1. The van der Waals surface area contributed by atoms with Crippen LogP contribution in [0.1, 0.15) is 89.2 Å². The normalized spacial score (nSPS) is 35.3. The zero-order valence-electron chi connectivity index (χ0n) is 58.4. The zero-order valence-corrected chi connectivity index (χ0v) is 65.2. The van der Waals surface area contributed by atoms with E-state index in [4.69, 9.17) is 150 Å². The second kappa shape index (κ2) is 28.5. The molecule has 594 valence electrons. The number of aromatic nitrogens is 16. The molecule has 16 heterocycles. The van der Waals surface area contributed by atoms with Crippen LogP contribution in [-0.4, -0.2) is 225 Å². The molecule has 16 N–H and O–H groups in total. The van der Waals surface area contributed by atoms with Gasteiger partial charge in [-0.1, -0.05) is 6.92 Å². The number of nitrogens with zero attached hydrogens (tertiary/aromatic N) is 15. The van der Waals surface area contributed by atoms with E-state index in [1.165, 1.54) is 53.2 Å². The SMILES string of the molecule is CC[C@H]1O[C@@H](n2cnc3c(N)ncnc32)C[C@H]1OP(O)(=S)OC[C@H]1O[C@@H](n2cc(C)c(N)nc2=O)C[C@H]1OP(O)(=S)OC[C@]12O[C@@H](n3cc(C)c(N)nc3=O)C(O[C@H]1C)[C@H]2OP(O)(=S)OC[C@]12O[C@@H](n3cnc4c(N)ncnc43)C(O[C@H]1C)[C@H]2OP(O)(=S)OC[C@]12O[C@@H](n3cnc4c(=O)[nH]c(N)nc43)C(O[C@H]1C)[C@H]2O. The van der Waals surface area contributed by atoms with Crippen LogP contribution in [0.4, 0.5) is 29.2 Å². The molecule has 8 aromatic rings. The molecule has 16 rings (SSSR count). The summed E-state index contributed by atoms with van der Waals surface area (Å²) in [4.78, 5) is 133. The fourth-order valence-electron chi connectivity index (χ4n) is 15.2. The number of H-pyrrole nitrogens is 1. The van der Waals surface area contributed by atoms with E-state index in [1.54, 1.807) is 39.2 Å². The van der Waals surface area contributed by atoms with Crippen LogP contribution in [-0.2, 0) is 121 Å². The van der Waals surface area contributed by atoms with Gasteiger partial charge >= 0.3 is 38.3 Å². The molecule has 45 nitrogen and oxygen atoms in total. The molecule has 0 aromatic carbocycles. The Morgan fingerprint density at radius 1 is 0.518 bits per heavy atom. The Balaban J connectivity index is 0.653. The highest BCUT2D eigenvalue weighted by molar-refractivity contribution is 8.08. The first-order valence-corrected chi connectivity index (χ1v) is 44.3. The molecule has 53 heteroatoms. The van der Waals surface area contributed by atoms with Crippen LogP contribution in [0.3, 0.4) is 0 Å². The van der Waals surface area contributed by atoms with Gasteiger partial charge in [-0.3, -0.25) is 41.7 Å². The van der Waals surface area contributed by atoms with Gasteiger partial charge in [-0.25, -0.2) is 44.5 Å². The largest absolute Gasteiger partial charge is 0.387 e. The fourth-order valence-corrected chi connectivity index (χ4v) is 21.1. The molecule has 0 radical (unpaired) electrons. The van der Waals surface area contributed by atoms with E-state index >= 15 is 0 Å². The Kier molecular flexibility index (Phi) is 20.1. The Bertz CT molecular complexity index is 5380. The van der Waals surface area contributed by atoms with Crippen molar-refractivity contribution in [2.75, 3.05) is 55.1 Å². The van der Waals surface area contributed by atoms with E-state index < -0.39 is 198 Å². The van der Waals surface area contributed by atoms with Gasteiger partial charge in [0, 0.05) is 36.4 Å². The van der Waals surface area contributed by atoms with Crippen molar-refractivity contribution in [2.24, 2.45) is 0 Å². The molecule has 8 aromatic heterocycles. The van der Waals surface area contributed by atoms with Crippen LogP contribution in [0.2, 0.25) is 0 Å². The van der Waals surface area contributed by atoms with Gasteiger partial charge in [0.25, 0.3) is 5.56 Å². The number of fused-ring (bicyclic) bond motifs is 9. The quantitative estimate of drug-likeness (QED) is 0.0313. The minimum atomic E-state index is -4.81. The summed E-state index contributed by atoms with van der Waals surface area (Å²) in [7, 11) is 0. The molecule has 0 amide bonds. The molecular weight excluding hydrogens is 1610 g/mol. The molecule has 6 bridgehead atoms. The topological polar surface area (TPSA) is 599 Å². The van der Waals surface area contributed by atoms with Crippen LogP contribution in [0.25, 0.3) is 33.5 Å². The summed E-state index contributed by atoms with van der Waals surface area (Å²) < 4.78 is 109. The van der Waals surface area contributed by atoms with Crippen molar-refractivity contribution < 1.29 is 98.8 Å². The Morgan fingerprint density at radius 2 is 0.945 bits per heavy atom. The number of aliphatic hydroxyl groups excluding tert-OH is 1. The molecule has 0 spiro atoms. The molecule has 8 saturated heterocycles. The van der Waals surface area contributed by atoms with Crippen LogP contribution >= 0.6 is 26.9 Å². The summed E-state index contributed by atoms with van der Waals surface area (Å²) >= 11 is 23.0. The molecular formula is C57H73N21O24P4S4. The van der Waals surface area contributed by atoms with E-state index in [0.29, 0.717) is 28.7 Å². The molecule has 7 unspecified atom stereocenters. The van der Waals surface area contributed by atoms with Gasteiger partial charge in [0.2, 0.25) is 5.95 Å². The third-order valence-corrected chi connectivity index (χ3v) is 27.2. The second-order valence-electron chi connectivity index (χ2n) is 27.5. The van der Waals surface area contributed by atoms with Crippen molar-refractivity contribution in [3.8, 4) is 0 Å². The Morgan fingerprint density at radius 3 is 1.52 bits per heavy atom. The third kappa shape index (κ3) is 13.6. The number of nitrogens with two attached hydrogens (primary N) is 5. The number of nitrogen functional groups attached to an aromatic ring is 5. The maximum absolute atomic E-state index is 13.8. The lowest BCUT2D eigenvalue weighted by atomic mass is 9.94. The smallest absolute Gasteiger partial charge is 0.351 e. The average molecular weight is 1690 g/mol. The fraction of sp³-hybridized carbons (Fsp3) is 0.596. The number of nitrogens with one attached hydrogen (secondary N) is 1. The standard InChI is InChI=1S/C57H73N21O24P4S4/c1-7-26-27(8-31(94-26)76-18-67-32-43(60)63-16-65-45(32)76)99-103(83,107)87-12-29-28(9-30(95-29)74-10-21(2)41(58)70-53(74)81)100-104(84,108)89-14-56-24(5)92-36(50(97-56)75-11-22(3)42(59)71-54(75)82)39(56)101-106(86,110)90-15-57-25(6)93-37(51(98-57)77-19-68-33-44(61)64-17-66-46(33)77)40(57)102-105(85,109)88-13-55-23(4)91-35(38(55)79)49(96-55)78-20-69-34-47(78)72-52(62)73-48(34)80/h10-11,16-20,23-31,35-40,49-51,79H,7-9,12-15H2,1-6H3,(H,83,107)(H,84,108)(H,85,109)(H,86,110)(H2,58,70,81)(H2,59,71,82)(H2,60,63,65)(H2,61,64,66)(H3,62,72,73,80)/t23-,24-,25-,26+,27+,28+,29+,30+,31+,35?,36?,37?,38+,39+,40+,49+,50+,51+,55-,56-,57-,103?,104?,105?,106?/m0/s1. The molecule has 0 aliphatic carbocycles. The van der Waals surface area contributed by atoms with E-state index in [0.717, 1.165) is 9.13 Å². The summed E-state index contributed by atoms with van der Waals surface area (Å²) in [5, 5.41) is 11.9. The van der Waals surface area contributed by atoms with Gasteiger partial charge in [0.1, 0.15) is 107 Å². The number of aromatic amines is 1. The predicted molar refractivity (Wildman–Crippen MR) is 392 cm³/mol. The summed E-state index contributed by atoms with van der Waals surface area (Å²) in [5.74, 6) is -0.164. The summed E-state index contributed by atoms with van der Waals surface area (Å²) in [5.41, 5.74) is 24.0. The Labute approximate surface area is 639 Å². The predicted octanol–water partition coefficient (Wildman–Crippen LogP) is -0.174. The van der Waals surface area contributed by atoms with Crippen LogP contribution in [0.15, 0.2) is 58.4 Å². The average Bonchev–Trinajstić information content (AvgIpc) is 1.56. The van der Waals surface area contributed by atoms with Gasteiger partial charge < -0.3 is 118 Å². The van der Waals surface area contributed by atoms with Gasteiger partial charge in [0.05, 0.1) is 82.0 Å². The summed E-state index contributed by atoms with van der Waals surface area (Å²) in [6.07, 6.45) is -11.4. The first-order chi connectivity index (χ1) is 52.0. The van der Waals surface area contributed by atoms with Crippen LogP contribution in [0, 0.1) is 13.8 Å². The van der Waals surface area contributed by atoms with Crippen molar-refractivity contribution in [3.05, 3.63) is 86.5 Å². The first kappa shape index (κ1) is 77.9. The molecule has 8 aliphatic heterocycles. The van der Waals surface area contributed by atoms with Crippen molar-refractivity contribution in [1.82, 2.24) is 77.7 Å². The number of aryl methyl sites for hydroxylation is 2. The summed E-state index contributed by atoms with van der Waals surface area (Å²) in [6, 6.07) is 0. The lowest BCUT2D eigenvalue weighted by Crippen LogP contribution is -2.52. The number of hydrogen-bond acceptors (Lipinski definition) is 39. The van der Waals surface area contributed by atoms with Gasteiger partial charge in [0.15, 0.2) is 52.8 Å². The lowest BCUT2D eigenvalue weighted by Gasteiger charge is -2.39. The highest BCUT2D eigenvalue weighted by atomic mass is 32.5. The van der Waals surface area contributed by atoms with Gasteiger partial charge in [-0.15, -0.1) is 0 Å². The third-order valence-electron chi connectivity index (χ3n) is 21.0. The van der Waals surface area contributed by atoms with Gasteiger partial charge in [-0.2, -0.15) is 15.0 Å². The molecule has 8 fully saturated rings. The van der Waals surface area contributed by atoms with E-state index in [2.05, 4.69) is 54.8 Å².